The molecule has 1 aliphatic heterocycles. The van der Waals surface area contributed by atoms with E-state index in [1.807, 2.05) is 11.8 Å². The summed E-state index contributed by atoms with van der Waals surface area (Å²) in [5.41, 5.74) is 0.697. The van der Waals surface area contributed by atoms with E-state index in [0.717, 1.165) is 0 Å². The molecule has 0 spiro atoms. The van der Waals surface area contributed by atoms with E-state index in [0.29, 0.717) is 43.6 Å². The predicted octanol–water partition coefficient (Wildman–Crippen LogP) is 2.80. The summed E-state index contributed by atoms with van der Waals surface area (Å²) < 4.78 is 13.5. The van der Waals surface area contributed by atoms with Crippen LogP contribution in [-0.4, -0.2) is 59.0 Å². The van der Waals surface area contributed by atoms with Crippen molar-refractivity contribution >= 4 is 23.5 Å². The van der Waals surface area contributed by atoms with Crippen LogP contribution in [0.4, 0.5) is 4.39 Å². The van der Waals surface area contributed by atoms with Gasteiger partial charge >= 0.3 is 5.97 Å². The molecule has 1 aliphatic rings. The molecule has 0 aliphatic carbocycles. The minimum atomic E-state index is -0.844. The maximum Gasteiger partial charge on any atom is 0.317 e. The first kappa shape index (κ1) is 18.7. The van der Waals surface area contributed by atoms with Crippen molar-refractivity contribution in [2.24, 2.45) is 0 Å². The van der Waals surface area contributed by atoms with Gasteiger partial charge in [-0.25, -0.2) is 4.39 Å². The third-order valence-electron chi connectivity index (χ3n) is 4.49. The Morgan fingerprint density at radius 1 is 1.38 bits per heavy atom. The lowest BCUT2D eigenvalue weighted by Gasteiger charge is -2.37. The molecule has 1 N–H and O–H groups in total. The van der Waals surface area contributed by atoms with E-state index in [1.54, 1.807) is 11.8 Å². The Labute approximate surface area is 146 Å². The lowest BCUT2D eigenvalue weighted by molar-refractivity contribution is -0.139. The van der Waals surface area contributed by atoms with Gasteiger partial charge in [0, 0.05) is 19.1 Å². The number of rotatable bonds is 5. The second-order valence-corrected chi connectivity index (χ2v) is 6.47. The molecule has 0 unspecified atom stereocenters. The number of piperidine rings is 1. The van der Waals surface area contributed by atoms with Crippen LogP contribution in [0.2, 0.25) is 5.02 Å². The third-order valence-corrected chi connectivity index (χ3v) is 4.80. The number of amides is 1. The highest BCUT2D eigenvalue weighted by molar-refractivity contribution is 6.33. The number of carbonyl (C=O) groups excluding carboxylic acids is 1. The molecule has 0 bridgehead atoms. The Bertz CT molecular complexity index is 631. The first-order chi connectivity index (χ1) is 11.3. The summed E-state index contributed by atoms with van der Waals surface area (Å²) in [5.74, 6) is -1.48. The Kier molecular flexibility index (Phi) is 6.18. The minimum absolute atomic E-state index is 0.0120. The van der Waals surface area contributed by atoms with E-state index in [9.17, 15) is 14.0 Å². The number of hydrogen-bond acceptors (Lipinski definition) is 3. The zero-order chi connectivity index (χ0) is 17.9. The van der Waals surface area contributed by atoms with Crippen molar-refractivity contribution in [3.8, 4) is 0 Å². The van der Waals surface area contributed by atoms with Crippen molar-refractivity contribution in [1.29, 1.82) is 0 Å². The van der Waals surface area contributed by atoms with Crippen molar-refractivity contribution in [2.45, 2.75) is 32.7 Å². The van der Waals surface area contributed by atoms with Gasteiger partial charge in [0.25, 0.3) is 5.91 Å². The van der Waals surface area contributed by atoms with E-state index in [2.05, 4.69) is 0 Å². The number of carbonyl (C=O) groups is 2. The topological polar surface area (TPSA) is 60.9 Å². The summed E-state index contributed by atoms with van der Waals surface area (Å²) in [4.78, 5) is 27.1. The number of likely N-dealkylation sites (tertiary alicyclic amines) is 1. The predicted molar refractivity (Wildman–Crippen MR) is 90.0 cm³/mol. The van der Waals surface area contributed by atoms with Gasteiger partial charge in [-0.2, -0.15) is 0 Å². The summed E-state index contributed by atoms with van der Waals surface area (Å²) in [6.45, 7) is 5.27. The fourth-order valence-corrected chi connectivity index (χ4v) is 3.33. The summed E-state index contributed by atoms with van der Waals surface area (Å²) >= 11 is 6.01. The number of carboxylic acids is 1. The molecule has 2 rings (SSSR count). The van der Waals surface area contributed by atoms with Crippen LogP contribution in [0.5, 0.6) is 0 Å². The van der Waals surface area contributed by atoms with Crippen LogP contribution in [0.3, 0.4) is 0 Å². The van der Waals surface area contributed by atoms with Crippen molar-refractivity contribution in [3.63, 3.8) is 0 Å². The Morgan fingerprint density at radius 3 is 2.54 bits per heavy atom. The number of nitrogens with zero attached hydrogens (tertiary/aromatic N) is 2. The molecule has 0 atom stereocenters. The number of aryl methyl sites for hydroxylation is 1. The van der Waals surface area contributed by atoms with Gasteiger partial charge in [0.15, 0.2) is 0 Å². The van der Waals surface area contributed by atoms with Crippen molar-refractivity contribution in [1.82, 2.24) is 9.80 Å². The first-order valence-corrected chi connectivity index (χ1v) is 8.42. The zero-order valence-electron chi connectivity index (χ0n) is 13.9. The van der Waals surface area contributed by atoms with Crippen LogP contribution in [0, 0.1) is 12.7 Å². The van der Waals surface area contributed by atoms with Gasteiger partial charge in [0.2, 0.25) is 0 Å². The molecular formula is C17H22ClFN2O3. The van der Waals surface area contributed by atoms with E-state index < -0.39 is 11.8 Å². The smallest absolute Gasteiger partial charge is 0.317 e. The lowest BCUT2D eigenvalue weighted by Crippen LogP contribution is -2.48. The molecule has 0 radical (unpaired) electrons. The Balaban J connectivity index is 2.03. The Morgan fingerprint density at radius 2 is 2.00 bits per heavy atom. The van der Waals surface area contributed by atoms with Crippen LogP contribution in [0.25, 0.3) is 0 Å². The van der Waals surface area contributed by atoms with Gasteiger partial charge in [-0.05, 0) is 44.0 Å². The van der Waals surface area contributed by atoms with Crippen LogP contribution < -0.4 is 0 Å². The van der Waals surface area contributed by atoms with Gasteiger partial charge in [-0.3, -0.25) is 14.5 Å². The fourth-order valence-electron chi connectivity index (χ4n) is 3.10. The number of benzene rings is 1. The first-order valence-electron chi connectivity index (χ1n) is 8.04. The van der Waals surface area contributed by atoms with E-state index in [1.165, 1.54) is 12.1 Å². The van der Waals surface area contributed by atoms with Gasteiger partial charge in [0.1, 0.15) is 5.82 Å². The second-order valence-electron chi connectivity index (χ2n) is 6.06. The normalized spacial score (nSPS) is 15.8. The molecule has 5 nitrogen and oxygen atoms in total. The highest BCUT2D eigenvalue weighted by Crippen LogP contribution is 2.24. The SMILES string of the molecule is CCN(CC(=O)O)C1CCN(C(=O)c2cc(C)c(F)cc2Cl)CC1. The molecule has 1 fully saturated rings. The number of halogens is 2. The van der Waals surface area contributed by atoms with Crippen molar-refractivity contribution in [3.05, 3.63) is 34.1 Å². The van der Waals surface area contributed by atoms with Gasteiger partial charge in [-0.1, -0.05) is 18.5 Å². The molecule has 1 amide bonds. The largest absolute Gasteiger partial charge is 0.480 e. The van der Waals surface area contributed by atoms with Crippen LogP contribution >= 0.6 is 11.6 Å². The third kappa shape index (κ3) is 4.24. The van der Waals surface area contributed by atoms with Crippen molar-refractivity contribution in [2.75, 3.05) is 26.2 Å². The van der Waals surface area contributed by atoms with E-state index in [4.69, 9.17) is 16.7 Å². The van der Waals surface area contributed by atoms with Crippen LogP contribution in [0.1, 0.15) is 35.7 Å². The van der Waals surface area contributed by atoms with Gasteiger partial charge < -0.3 is 10.0 Å². The summed E-state index contributed by atoms with van der Waals surface area (Å²) in [5, 5.41) is 9.08. The van der Waals surface area contributed by atoms with E-state index in [-0.39, 0.29) is 23.5 Å². The molecule has 132 valence electrons. The number of hydrogen-bond donors (Lipinski definition) is 1. The van der Waals surface area contributed by atoms with Crippen LogP contribution in [-0.2, 0) is 4.79 Å². The number of likely N-dealkylation sites (N-methyl/N-ethyl adjacent to an activating group) is 1. The highest BCUT2D eigenvalue weighted by Gasteiger charge is 2.28. The molecular weight excluding hydrogens is 335 g/mol. The summed E-state index contributed by atoms with van der Waals surface area (Å²) in [6, 6.07) is 2.80. The lowest BCUT2D eigenvalue weighted by atomic mass is 10.0. The molecule has 1 aromatic carbocycles. The summed E-state index contributed by atoms with van der Waals surface area (Å²) in [6.07, 6.45) is 1.43. The maximum absolute atomic E-state index is 13.5. The second kappa shape index (κ2) is 7.94. The van der Waals surface area contributed by atoms with Gasteiger partial charge in [-0.15, -0.1) is 0 Å². The Hall–Kier alpha value is -1.66. The van der Waals surface area contributed by atoms with Crippen LogP contribution in [0.15, 0.2) is 12.1 Å². The molecule has 0 aromatic heterocycles. The average Bonchev–Trinajstić information content (AvgIpc) is 2.55. The van der Waals surface area contributed by atoms with E-state index >= 15 is 0 Å². The minimum Gasteiger partial charge on any atom is -0.480 e. The highest BCUT2D eigenvalue weighted by atomic mass is 35.5. The molecule has 24 heavy (non-hydrogen) atoms. The average molecular weight is 357 g/mol. The molecule has 1 saturated heterocycles. The quantitative estimate of drug-likeness (QED) is 0.881. The molecule has 7 heteroatoms. The number of aliphatic carboxylic acids is 1. The standard InChI is InChI=1S/C17H22ClFN2O3/c1-3-20(10-16(22)23)12-4-6-21(7-5-12)17(24)13-8-11(2)15(19)9-14(13)18/h8-9,12H,3-7,10H2,1-2H3,(H,22,23). The zero-order valence-corrected chi connectivity index (χ0v) is 14.6. The maximum atomic E-state index is 13.5. The molecule has 1 heterocycles. The summed E-state index contributed by atoms with van der Waals surface area (Å²) in [7, 11) is 0. The molecule has 1 aromatic rings. The monoisotopic (exact) mass is 356 g/mol. The fraction of sp³-hybridized carbons (Fsp3) is 0.529. The number of carboxylic acid groups (broad SMARTS) is 1. The van der Waals surface area contributed by atoms with Gasteiger partial charge in [0.05, 0.1) is 17.1 Å². The molecule has 0 saturated carbocycles. The van der Waals surface area contributed by atoms with Crippen molar-refractivity contribution < 1.29 is 19.1 Å².